The Morgan fingerprint density at radius 1 is 1.11 bits per heavy atom. The fourth-order valence-electron chi connectivity index (χ4n) is 0.583. The second kappa shape index (κ2) is 4.59. The van der Waals surface area contributed by atoms with Gasteiger partial charge in [-0.05, 0) is 5.56 Å². The van der Waals surface area contributed by atoms with Gasteiger partial charge in [-0.1, -0.05) is 30.3 Å². The van der Waals surface area contributed by atoms with Crippen LogP contribution in [0.1, 0.15) is 5.56 Å². The third-order valence-corrected chi connectivity index (χ3v) is 1.03. The summed E-state index contributed by atoms with van der Waals surface area (Å²) >= 11 is 0. The summed E-state index contributed by atoms with van der Waals surface area (Å²) in [6.45, 7) is 0.140. The molecular weight excluding hydrogens is 173 g/mol. The molecule has 1 nitrogen and oxygen atoms in total. The minimum absolute atomic E-state index is 0. The van der Waals surface area contributed by atoms with E-state index in [9.17, 15) is 0 Å². The molecular formula is C7H8GeO+4. The zero-order valence-electron chi connectivity index (χ0n) is 5.04. The number of aliphatic hydroxyl groups excluding tert-OH is 1. The molecule has 0 radical (unpaired) electrons. The third-order valence-electron chi connectivity index (χ3n) is 1.03. The van der Waals surface area contributed by atoms with Crippen molar-refractivity contribution in [3.63, 3.8) is 0 Å². The first-order valence-corrected chi connectivity index (χ1v) is 2.58. The molecule has 0 heterocycles. The Bertz CT molecular complexity index is 150. The Balaban J connectivity index is 0.000000640. The molecule has 0 fully saturated rings. The van der Waals surface area contributed by atoms with Gasteiger partial charge in [-0.3, -0.25) is 0 Å². The van der Waals surface area contributed by atoms with Crippen LogP contribution >= 0.6 is 0 Å². The molecule has 42 valence electrons. The van der Waals surface area contributed by atoms with Crippen molar-refractivity contribution in [2.75, 3.05) is 0 Å². The minimum Gasteiger partial charge on any atom is -0.392 e. The predicted molar refractivity (Wildman–Crippen MR) is 38.1 cm³/mol. The van der Waals surface area contributed by atoms with Crippen LogP contribution in [-0.4, -0.2) is 22.7 Å². The van der Waals surface area contributed by atoms with E-state index >= 15 is 0 Å². The summed E-state index contributed by atoms with van der Waals surface area (Å²) in [7, 11) is 0. The molecule has 2 heteroatoms. The number of benzene rings is 1. The van der Waals surface area contributed by atoms with Crippen LogP contribution in [0, 0.1) is 0 Å². The summed E-state index contributed by atoms with van der Waals surface area (Å²) < 4.78 is 0. The molecule has 0 aromatic heterocycles. The van der Waals surface area contributed by atoms with Gasteiger partial charge in [-0.15, -0.1) is 0 Å². The summed E-state index contributed by atoms with van der Waals surface area (Å²) in [5, 5.41) is 8.54. The minimum atomic E-state index is 0. The summed E-state index contributed by atoms with van der Waals surface area (Å²) in [5.74, 6) is 0. The van der Waals surface area contributed by atoms with Crippen molar-refractivity contribution in [3.05, 3.63) is 35.9 Å². The van der Waals surface area contributed by atoms with E-state index in [1.54, 1.807) is 0 Å². The first-order chi connectivity index (χ1) is 3.93. The van der Waals surface area contributed by atoms with E-state index < -0.39 is 0 Å². The Labute approximate surface area is 65.7 Å². The molecule has 1 N–H and O–H groups in total. The van der Waals surface area contributed by atoms with Crippen molar-refractivity contribution >= 4 is 17.6 Å². The molecule has 0 saturated heterocycles. The molecule has 0 bridgehead atoms. The van der Waals surface area contributed by atoms with Crippen LogP contribution in [0.25, 0.3) is 0 Å². The molecule has 1 aromatic rings. The SMILES string of the molecule is OCc1ccccc1.[Ge+4]. The summed E-state index contributed by atoms with van der Waals surface area (Å²) in [6, 6.07) is 9.52. The molecule has 0 amide bonds. The first kappa shape index (κ1) is 8.72. The first-order valence-electron chi connectivity index (χ1n) is 2.58. The number of aliphatic hydroxyl groups is 1. The van der Waals surface area contributed by atoms with Gasteiger partial charge in [0, 0.05) is 0 Å². The topological polar surface area (TPSA) is 20.2 Å². The third kappa shape index (κ3) is 2.68. The largest absolute Gasteiger partial charge is 4.00 e. The van der Waals surface area contributed by atoms with E-state index in [0.717, 1.165) is 5.56 Å². The zero-order chi connectivity index (χ0) is 5.82. The molecule has 0 aliphatic rings. The summed E-state index contributed by atoms with van der Waals surface area (Å²) in [5.41, 5.74) is 0.965. The van der Waals surface area contributed by atoms with Gasteiger partial charge in [-0.25, -0.2) is 0 Å². The van der Waals surface area contributed by atoms with E-state index in [-0.39, 0.29) is 24.2 Å². The molecule has 1 aromatic carbocycles. The fourth-order valence-corrected chi connectivity index (χ4v) is 0.583. The van der Waals surface area contributed by atoms with Gasteiger partial charge in [0.05, 0.1) is 6.61 Å². The molecule has 0 atom stereocenters. The van der Waals surface area contributed by atoms with Gasteiger partial charge in [0.25, 0.3) is 0 Å². The van der Waals surface area contributed by atoms with E-state index in [0.29, 0.717) is 0 Å². The van der Waals surface area contributed by atoms with Crippen molar-refractivity contribution < 1.29 is 5.11 Å². The van der Waals surface area contributed by atoms with Crippen LogP contribution < -0.4 is 0 Å². The van der Waals surface area contributed by atoms with Gasteiger partial charge >= 0.3 is 17.6 Å². The van der Waals surface area contributed by atoms with Crippen molar-refractivity contribution in [1.82, 2.24) is 0 Å². The van der Waals surface area contributed by atoms with Gasteiger partial charge in [-0.2, -0.15) is 0 Å². The normalized spacial score (nSPS) is 8.11. The van der Waals surface area contributed by atoms with E-state index in [1.165, 1.54) is 0 Å². The van der Waals surface area contributed by atoms with Crippen LogP contribution in [0.15, 0.2) is 30.3 Å². The van der Waals surface area contributed by atoms with Crippen LogP contribution in [-0.2, 0) is 6.61 Å². The molecule has 0 unspecified atom stereocenters. The van der Waals surface area contributed by atoms with Crippen molar-refractivity contribution in [2.24, 2.45) is 0 Å². The van der Waals surface area contributed by atoms with Gasteiger partial charge in [0.15, 0.2) is 0 Å². The quantitative estimate of drug-likeness (QED) is 0.635. The van der Waals surface area contributed by atoms with Crippen molar-refractivity contribution in [1.29, 1.82) is 0 Å². The average Bonchev–Trinajstić information content (AvgIpc) is 1.90. The maximum absolute atomic E-state index is 8.54. The van der Waals surface area contributed by atoms with Gasteiger partial charge < -0.3 is 5.11 Å². The fraction of sp³-hybridized carbons (Fsp3) is 0.143. The molecule has 0 aliphatic heterocycles. The monoisotopic (exact) mass is 182 g/mol. The Morgan fingerprint density at radius 3 is 2.00 bits per heavy atom. The Morgan fingerprint density at radius 2 is 1.67 bits per heavy atom. The summed E-state index contributed by atoms with van der Waals surface area (Å²) in [6.07, 6.45) is 0. The van der Waals surface area contributed by atoms with Crippen LogP contribution in [0.3, 0.4) is 0 Å². The summed E-state index contributed by atoms with van der Waals surface area (Å²) in [4.78, 5) is 0. The number of hydrogen-bond donors (Lipinski definition) is 1. The second-order valence-electron chi connectivity index (χ2n) is 1.64. The van der Waals surface area contributed by atoms with Crippen molar-refractivity contribution in [2.45, 2.75) is 6.61 Å². The standard InChI is InChI=1S/C7H8O.Ge/c8-6-7-4-2-1-3-5-7;/h1-5,8H,6H2;/q;+4. The molecule has 0 spiro atoms. The Kier molecular flexibility index (Phi) is 4.45. The van der Waals surface area contributed by atoms with Gasteiger partial charge in [0.2, 0.25) is 0 Å². The van der Waals surface area contributed by atoms with Crippen LogP contribution in [0.4, 0.5) is 0 Å². The number of hydrogen-bond acceptors (Lipinski definition) is 1. The van der Waals surface area contributed by atoms with E-state index in [2.05, 4.69) is 0 Å². The second-order valence-corrected chi connectivity index (χ2v) is 1.64. The smallest absolute Gasteiger partial charge is 0.392 e. The van der Waals surface area contributed by atoms with Gasteiger partial charge in [0.1, 0.15) is 0 Å². The molecule has 0 saturated carbocycles. The molecule has 0 aliphatic carbocycles. The average molecular weight is 181 g/mol. The van der Waals surface area contributed by atoms with Crippen LogP contribution in [0.2, 0.25) is 0 Å². The van der Waals surface area contributed by atoms with Crippen molar-refractivity contribution in [3.8, 4) is 0 Å². The maximum atomic E-state index is 8.54. The molecule has 1 rings (SSSR count). The molecule has 9 heavy (non-hydrogen) atoms. The van der Waals surface area contributed by atoms with Crippen LogP contribution in [0.5, 0.6) is 0 Å². The maximum Gasteiger partial charge on any atom is 4.00 e. The van der Waals surface area contributed by atoms with E-state index in [4.69, 9.17) is 5.11 Å². The number of rotatable bonds is 1. The zero-order valence-corrected chi connectivity index (χ0v) is 7.14. The van der Waals surface area contributed by atoms with E-state index in [1.807, 2.05) is 30.3 Å². The predicted octanol–water partition coefficient (Wildman–Crippen LogP) is 0.798. The Hall–Kier alpha value is -0.277.